The molecule has 1 N–H and O–H groups in total. The number of aromatic nitrogens is 1. The van der Waals surface area contributed by atoms with E-state index in [2.05, 4.69) is 26.2 Å². The van der Waals surface area contributed by atoms with Gasteiger partial charge in [0.1, 0.15) is 5.82 Å². The number of nitrogens with one attached hydrogen (secondary N) is 1. The highest BCUT2D eigenvalue weighted by Crippen LogP contribution is 2.21. The van der Waals surface area contributed by atoms with Crippen molar-refractivity contribution in [3.8, 4) is 0 Å². The van der Waals surface area contributed by atoms with Gasteiger partial charge in [0.15, 0.2) is 0 Å². The number of halogens is 2. The molecule has 0 saturated carbocycles. The Bertz CT molecular complexity index is 830. The first-order chi connectivity index (χ1) is 10.1. The first-order valence-electron chi connectivity index (χ1n) is 6.25. The molecular formula is C16H10BrFN2O. The lowest BCUT2D eigenvalue weighted by atomic mass is 10.1. The van der Waals surface area contributed by atoms with Gasteiger partial charge in [-0.25, -0.2) is 4.39 Å². The van der Waals surface area contributed by atoms with Crippen LogP contribution in [-0.4, -0.2) is 10.9 Å². The molecular weight excluding hydrogens is 335 g/mol. The molecule has 2 aromatic carbocycles. The predicted octanol–water partition coefficient (Wildman–Crippen LogP) is 4.39. The number of hydrogen-bond donors (Lipinski definition) is 1. The van der Waals surface area contributed by atoms with Gasteiger partial charge >= 0.3 is 0 Å². The van der Waals surface area contributed by atoms with Crippen molar-refractivity contribution in [2.45, 2.75) is 0 Å². The molecule has 1 heterocycles. The monoisotopic (exact) mass is 344 g/mol. The van der Waals surface area contributed by atoms with E-state index in [0.29, 0.717) is 15.6 Å². The molecule has 0 aliphatic rings. The van der Waals surface area contributed by atoms with Gasteiger partial charge in [-0.1, -0.05) is 34.1 Å². The highest BCUT2D eigenvalue weighted by Gasteiger charge is 2.13. The summed E-state index contributed by atoms with van der Waals surface area (Å²) in [6, 6.07) is 13.5. The molecule has 0 atom stereocenters. The smallest absolute Gasteiger partial charge is 0.257 e. The van der Waals surface area contributed by atoms with E-state index < -0.39 is 5.82 Å². The summed E-state index contributed by atoms with van der Waals surface area (Å²) in [7, 11) is 0. The molecule has 0 unspecified atom stereocenters. The molecule has 5 heteroatoms. The van der Waals surface area contributed by atoms with Crippen LogP contribution in [0.1, 0.15) is 10.4 Å². The zero-order valence-electron chi connectivity index (χ0n) is 10.8. The Labute approximate surface area is 128 Å². The fourth-order valence-electron chi connectivity index (χ4n) is 2.07. The van der Waals surface area contributed by atoms with Crippen LogP contribution < -0.4 is 5.32 Å². The number of pyridine rings is 1. The molecule has 1 amide bonds. The zero-order chi connectivity index (χ0) is 14.8. The van der Waals surface area contributed by atoms with E-state index in [-0.39, 0.29) is 11.6 Å². The molecule has 0 aliphatic carbocycles. The molecule has 3 nitrogen and oxygen atoms in total. The van der Waals surface area contributed by atoms with Crippen molar-refractivity contribution in [2.24, 2.45) is 0 Å². The third-order valence-electron chi connectivity index (χ3n) is 3.06. The third kappa shape index (κ3) is 2.78. The summed E-state index contributed by atoms with van der Waals surface area (Å²) < 4.78 is 14.4. The maximum absolute atomic E-state index is 13.8. The third-order valence-corrected chi connectivity index (χ3v) is 3.55. The average molecular weight is 345 g/mol. The second-order valence-corrected chi connectivity index (χ2v) is 5.37. The normalized spacial score (nSPS) is 10.6. The Morgan fingerprint density at radius 2 is 1.95 bits per heavy atom. The van der Waals surface area contributed by atoms with E-state index in [1.807, 2.05) is 12.1 Å². The lowest BCUT2D eigenvalue weighted by Gasteiger charge is -2.08. The van der Waals surface area contributed by atoms with Crippen molar-refractivity contribution in [2.75, 3.05) is 5.32 Å². The fraction of sp³-hybridized carbons (Fsp3) is 0. The largest absolute Gasteiger partial charge is 0.319 e. The maximum atomic E-state index is 13.8. The van der Waals surface area contributed by atoms with Gasteiger partial charge in [0.2, 0.25) is 0 Å². The summed E-state index contributed by atoms with van der Waals surface area (Å²) in [6.07, 6.45) is 1.62. The highest BCUT2D eigenvalue weighted by molar-refractivity contribution is 9.10. The summed E-state index contributed by atoms with van der Waals surface area (Å²) in [6.45, 7) is 0. The zero-order valence-corrected chi connectivity index (χ0v) is 12.4. The van der Waals surface area contributed by atoms with Crippen LogP contribution in [0.3, 0.4) is 0 Å². The van der Waals surface area contributed by atoms with Crippen LogP contribution in [0.4, 0.5) is 10.1 Å². The Morgan fingerprint density at radius 1 is 1.14 bits per heavy atom. The Kier molecular flexibility index (Phi) is 3.66. The van der Waals surface area contributed by atoms with E-state index in [1.165, 1.54) is 12.1 Å². The maximum Gasteiger partial charge on any atom is 0.257 e. The van der Waals surface area contributed by atoms with E-state index in [0.717, 1.165) is 5.39 Å². The minimum atomic E-state index is -0.495. The SMILES string of the molecule is O=C(Nc1ccc(Br)cc1F)c1cccc2cccnc12. The lowest BCUT2D eigenvalue weighted by Crippen LogP contribution is -2.13. The predicted molar refractivity (Wildman–Crippen MR) is 83.8 cm³/mol. The number of nitrogens with zero attached hydrogens (tertiary/aromatic N) is 1. The summed E-state index contributed by atoms with van der Waals surface area (Å²) in [4.78, 5) is 16.6. The average Bonchev–Trinajstić information content (AvgIpc) is 2.49. The van der Waals surface area contributed by atoms with Crippen molar-refractivity contribution in [1.82, 2.24) is 4.98 Å². The van der Waals surface area contributed by atoms with Crippen LogP contribution in [0.2, 0.25) is 0 Å². The molecule has 21 heavy (non-hydrogen) atoms. The summed E-state index contributed by atoms with van der Waals surface area (Å²) in [5.41, 5.74) is 1.14. The van der Waals surface area contributed by atoms with Gasteiger partial charge < -0.3 is 5.32 Å². The van der Waals surface area contributed by atoms with E-state index >= 15 is 0 Å². The number of hydrogen-bond acceptors (Lipinski definition) is 2. The summed E-state index contributed by atoms with van der Waals surface area (Å²) >= 11 is 3.18. The standard InChI is InChI=1S/C16H10BrFN2O/c17-11-6-7-14(13(18)9-11)20-16(21)12-5-1-3-10-4-2-8-19-15(10)12/h1-9H,(H,20,21). The molecule has 0 spiro atoms. The fourth-order valence-corrected chi connectivity index (χ4v) is 2.40. The minimum absolute atomic E-state index is 0.135. The molecule has 3 rings (SSSR count). The number of fused-ring (bicyclic) bond motifs is 1. The van der Waals surface area contributed by atoms with Crippen LogP contribution in [-0.2, 0) is 0 Å². The van der Waals surface area contributed by atoms with Gasteiger partial charge in [-0.15, -0.1) is 0 Å². The molecule has 0 fully saturated rings. The first-order valence-corrected chi connectivity index (χ1v) is 7.04. The van der Waals surface area contributed by atoms with Gasteiger partial charge in [-0.3, -0.25) is 9.78 Å². The summed E-state index contributed by atoms with van der Waals surface area (Å²) in [5, 5.41) is 3.43. The number of para-hydroxylation sites is 1. The van der Waals surface area contributed by atoms with Gasteiger partial charge in [0, 0.05) is 16.1 Å². The van der Waals surface area contributed by atoms with Gasteiger partial charge in [-0.2, -0.15) is 0 Å². The van der Waals surface area contributed by atoms with Crippen LogP contribution >= 0.6 is 15.9 Å². The quantitative estimate of drug-likeness (QED) is 0.749. The van der Waals surface area contributed by atoms with Crippen molar-refractivity contribution in [3.05, 3.63) is 70.6 Å². The second-order valence-electron chi connectivity index (χ2n) is 4.46. The van der Waals surface area contributed by atoms with E-state index in [9.17, 15) is 9.18 Å². The molecule has 0 bridgehead atoms. The number of rotatable bonds is 2. The number of anilines is 1. The summed E-state index contributed by atoms with van der Waals surface area (Å²) in [5.74, 6) is -0.883. The van der Waals surface area contributed by atoms with Gasteiger partial charge in [0.05, 0.1) is 16.8 Å². The van der Waals surface area contributed by atoms with Crippen molar-refractivity contribution in [1.29, 1.82) is 0 Å². The Hall–Kier alpha value is -2.27. The molecule has 0 aliphatic heterocycles. The minimum Gasteiger partial charge on any atom is -0.319 e. The number of amides is 1. The lowest BCUT2D eigenvalue weighted by molar-refractivity contribution is 0.102. The molecule has 0 radical (unpaired) electrons. The van der Waals surface area contributed by atoms with Crippen LogP contribution in [0, 0.1) is 5.82 Å². The van der Waals surface area contributed by atoms with Gasteiger partial charge in [-0.05, 0) is 30.3 Å². The van der Waals surface area contributed by atoms with Gasteiger partial charge in [0.25, 0.3) is 5.91 Å². The van der Waals surface area contributed by atoms with Crippen LogP contribution in [0.25, 0.3) is 10.9 Å². The first kappa shape index (κ1) is 13.7. The Morgan fingerprint density at radius 3 is 2.76 bits per heavy atom. The van der Waals surface area contributed by atoms with Crippen molar-refractivity contribution < 1.29 is 9.18 Å². The number of carbonyl (C=O) groups is 1. The van der Waals surface area contributed by atoms with E-state index in [4.69, 9.17) is 0 Å². The van der Waals surface area contributed by atoms with E-state index in [1.54, 1.807) is 30.5 Å². The van der Waals surface area contributed by atoms with Crippen molar-refractivity contribution >= 4 is 38.4 Å². The van der Waals surface area contributed by atoms with Crippen LogP contribution in [0.15, 0.2) is 59.2 Å². The second kappa shape index (κ2) is 5.61. The molecule has 104 valence electrons. The molecule has 0 saturated heterocycles. The molecule has 3 aromatic rings. The Balaban J connectivity index is 1.97. The topological polar surface area (TPSA) is 42.0 Å². The molecule has 1 aromatic heterocycles. The van der Waals surface area contributed by atoms with Crippen LogP contribution in [0.5, 0.6) is 0 Å². The number of benzene rings is 2. The number of carbonyl (C=O) groups excluding carboxylic acids is 1. The van der Waals surface area contributed by atoms with Crippen molar-refractivity contribution in [3.63, 3.8) is 0 Å². The highest BCUT2D eigenvalue weighted by atomic mass is 79.9.